The molecule has 0 radical (unpaired) electrons. The van der Waals surface area contributed by atoms with Gasteiger partial charge in [0.25, 0.3) is 11.8 Å². The molecule has 0 fully saturated rings. The van der Waals surface area contributed by atoms with Crippen LogP contribution in [0.1, 0.15) is 26.3 Å². The first kappa shape index (κ1) is 12.7. The van der Waals surface area contributed by atoms with E-state index < -0.39 is 0 Å². The molecule has 0 unspecified atom stereocenters. The fourth-order valence-electron chi connectivity index (χ4n) is 2.79. The maximum absolute atomic E-state index is 12.4. The Morgan fingerprint density at radius 1 is 0.864 bits per heavy atom. The Kier molecular flexibility index (Phi) is 2.76. The maximum Gasteiger partial charge on any atom is 0.261 e. The molecule has 4 nitrogen and oxygen atoms in total. The quantitative estimate of drug-likeness (QED) is 0.681. The Morgan fingerprint density at radius 2 is 1.59 bits per heavy atom. The van der Waals surface area contributed by atoms with Crippen LogP contribution < -0.4 is 0 Å². The van der Waals surface area contributed by atoms with Gasteiger partial charge in [-0.25, -0.2) is 0 Å². The van der Waals surface area contributed by atoms with Crippen LogP contribution in [0.4, 0.5) is 0 Å². The lowest BCUT2D eigenvalue weighted by Gasteiger charge is -2.14. The van der Waals surface area contributed by atoms with E-state index in [9.17, 15) is 9.59 Å². The van der Waals surface area contributed by atoms with Crippen LogP contribution in [0.15, 0.2) is 60.8 Å². The summed E-state index contributed by atoms with van der Waals surface area (Å²) in [6.45, 7) is 0.275. The lowest BCUT2D eigenvalue weighted by atomic mass is 10.1. The van der Waals surface area contributed by atoms with Crippen molar-refractivity contribution in [2.75, 3.05) is 0 Å². The summed E-state index contributed by atoms with van der Waals surface area (Å²) in [6, 6.07) is 16.5. The van der Waals surface area contributed by atoms with E-state index >= 15 is 0 Å². The summed E-state index contributed by atoms with van der Waals surface area (Å²) in [5.74, 6) is -0.459. The molecule has 0 atom stereocenters. The number of hydrogen-bond acceptors (Lipinski definition) is 3. The number of fused-ring (bicyclic) bond motifs is 2. The number of carbonyl (C=O) groups is 2. The van der Waals surface area contributed by atoms with Gasteiger partial charge < -0.3 is 0 Å². The Morgan fingerprint density at radius 3 is 2.32 bits per heavy atom. The first-order valence-corrected chi connectivity index (χ1v) is 7.03. The van der Waals surface area contributed by atoms with E-state index in [1.807, 2.05) is 30.3 Å². The number of benzene rings is 2. The molecule has 4 rings (SSSR count). The van der Waals surface area contributed by atoms with Crippen molar-refractivity contribution in [3.8, 4) is 0 Å². The monoisotopic (exact) mass is 288 g/mol. The van der Waals surface area contributed by atoms with Crippen LogP contribution in [0, 0.1) is 0 Å². The number of hydrogen-bond donors (Lipinski definition) is 0. The van der Waals surface area contributed by atoms with Crippen LogP contribution in [-0.2, 0) is 6.54 Å². The average Bonchev–Trinajstić information content (AvgIpc) is 2.80. The maximum atomic E-state index is 12.4. The van der Waals surface area contributed by atoms with E-state index in [4.69, 9.17) is 0 Å². The van der Waals surface area contributed by atoms with Gasteiger partial charge in [-0.2, -0.15) is 0 Å². The summed E-state index contributed by atoms with van der Waals surface area (Å²) in [7, 11) is 0. The summed E-state index contributed by atoms with van der Waals surface area (Å²) >= 11 is 0. The fourth-order valence-corrected chi connectivity index (χ4v) is 2.79. The highest BCUT2D eigenvalue weighted by atomic mass is 16.2. The largest absolute Gasteiger partial charge is 0.270 e. The second-order valence-electron chi connectivity index (χ2n) is 5.27. The SMILES string of the molecule is O=C1c2ccccc2C(=O)N1Cc1ccc2ncccc2c1. The zero-order chi connectivity index (χ0) is 15.1. The Bertz CT molecular complexity index is 883. The third-order valence-corrected chi connectivity index (χ3v) is 3.89. The van der Waals surface area contributed by atoms with Crippen LogP contribution in [0.3, 0.4) is 0 Å². The predicted octanol–water partition coefficient (Wildman–Crippen LogP) is 3.03. The van der Waals surface area contributed by atoms with Crippen LogP contribution in [0.25, 0.3) is 10.9 Å². The molecule has 2 aromatic carbocycles. The third kappa shape index (κ3) is 1.89. The highest BCUT2D eigenvalue weighted by Gasteiger charge is 2.34. The van der Waals surface area contributed by atoms with Crippen molar-refractivity contribution in [1.29, 1.82) is 0 Å². The predicted molar refractivity (Wildman–Crippen MR) is 82.4 cm³/mol. The Balaban J connectivity index is 1.69. The van der Waals surface area contributed by atoms with Gasteiger partial charge in [-0.1, -0.05) is 24.3 Å². The summed E-state index contributed by atoms with van der Waals surface area (Å²) in [6.07, 6.45) is 1.74. The zero-order valence-electron chi connectivity index (χ0n) is 11.7. The van der Waals surface area contributed by atoms with E-state index in [0.717, 1.165) is 16.5 Å². The van der Waals surface area contributed by atoms with Crippen molar-refractivity contribution >= 4 is 22.7 Å². The first-order chi connectivity index (χ1) is 10.7. The van der Waals surface area contributed by atoms with E-state index in [0.29, 0.717) is 11.1 Å². The molecule has 4 heteroatoms. The molecule has 2 heterocycles. The number of imide groups is 1. The molecule has 3 aromatic rings. The van der Waals surface area contributed by atoms with Gasteiger partial charge in [-0.15, -0.1) is 0 Å². The molecule has 22 heavy (non-hydrogen) atoms. The fraction of sp³-hybridized carbons (Fsp3) is 0.0556. The first-order valence-electron chi connectivity index (χ1n) is 7.03. The molecule has 0 saturated heterocycles. The van der Waals surface area contributed by atoms with E-state index in [1.165, 1.54) is 4.90 Å². The van der Waals surface area contributed by atoms with E-state index in [-0.39, 0.29) is 18.4 Å². The molecule has 1 aromatic heterocycles. The number of amides is 2. The van der Waals surface area contributed by atoms with E-state index in [1.54, 1.807) is 30.5 Å². The Labute approximate surface area is 127 Å². The molecular formula is C18H12N2O2. The summed E-state index contributed by atoms with van der Waals surface area (Å²) in [4.78, 5) is 30.3. The molecule has 106 valence electrons. The van der Waals surface area contributed by atoms with Crippen LogP contribution in [0.5, 0.6) is 0 Å². The van der Waals surface area contributed by atoms with Crippen molar-refractivity contribution in [2.24, 2.45) is 0 Å². The molecule has 0 saturated carbocycles. The highest BCUT2D eigenvalue weighted by molar-refractivity contribution is 6.21. The molecule has 2 amide bonds. The van der Waals surface area contributed by atoms with Gasteiger partial charge in [0.2, 0.25) is 0 Å². The molecule has 1 aliphatic rings. The standard InChI is InChI=1S/C18H12N2O2/c21-17-14-5-1-2-6-15(14)18(22)20(17)11-12-7-8-16-13(10-12)4-3-9-19-16/h1-10H,11H2. The number of carbonyl (C=O) groups excluding carboxylic acids is 2. The Hall–Kier alpha value is -3.01. The van der Waals surface area contributed by atoms with Gasteiger partial charge in [-0.05, 0) is 35.9 Å². The van der Waals surface area contributed by atoms with Crippen molar-refractivity contribution < 1.29 is 9.59 Å². The molecule has 0 N–H and O–H groups in total. The van der Waals surface area contributed by atoms with Crippen molar-refractivity contribution in [3.05, 3.63) is 77.5 Å². The number of nitrogens with zero attached hydrogens (tertiary/aromatic N) is 2. The summed E-state index contributed by atoms with van der Waals surface area (Å²) in [5, 5.41) is 0.997. The van der Waals surface area contributed by atoms with E-state index in [2.05, 4.69) is 4.98 Å². The van der Waals surface area contributed by atoms with Gasteiger partial charge >= 0.3 is 0 Å². The van der Waals surface area contributed by atoms with Crippen molar-refractivity contribution in [1.82, 2.24) is 9.88 Å². The van der Waals surface area contributed by atoms with Gasteiger partial charge in [0, 0.05) is 11.6 Å². The van der Waals surface area contributed by atoms with Gasteiger partial charge in [0.05, 0.1) is 23.2 Å². The topological polar surface area (TPSA) is 50.3 Å². The molecule has 0 spiro atoms. The lowest BCUT2D eigenvalue weighted by molar-refractivity contribution is 0.0642. The minimum atomic E-state index is -0.230. The second kappa shape index (κ2) is 4.77. The van der Waals surface area contributed by atoms with Crippen molar-refractivity contribution in [2.45, 2.75) is 6.54 Å². The molecule has 0 bridgehead atoms. The summed E-state index contributed by atoms with van der Waals surface area (Å²) < 4.78 is 0. The number of pyridine rings is 1. The third-order valence-electron chi connectivity index (χ3n) is 3.89. The molecule has 0 aliphatic carbocycles. The molecule has 1 aliphatic heterocycles. The minimum absolute atomic E-state index is 0.230. The highest BCUT2D eigenvalue weighted by Crippen LogP contribution is 2.25. The number of rotatable bonds is 2. The van der Waals surface area contributed by atoms with Crippen LogP contribution in [0.2, 0.25) is 0 Å². The van der Waals surface area contributed by atoms with Crippen molar-refractivity contribution in [3.63, 3.8) is 0 Å². The second-order valence-corrected chi connectivity index (χ2v) is 5.27. The van der Waals surface area contributed by atoms with Crippen LogP contribution >= 0.6 is 0 Å². The average molecular weight is 288 g/mol. The smallest absolute Gasteiger partial charge is 0.261 e. The normalized spacial score (nSPS) is 13.7. The summed E-state index contributed by atoms with van der Waals surface area (Å²) in [5.41, 5.74) is 2.77. The van der Waals surface area contributed by atoms with Gasteiger partial charge in [0.15, 0.2) is 0 Å². The minimum Gasteiger partial charge on any atom is -0.270 e. The zero-order valence-corrected chi connectivity index (χ0v) is 11.7. The number of aromatic nitrogens is 1. The van der Waals surface area contributed by atoms with Crippen LogP contribution in [-0.4, -0.2) is 21.7 Å². The molecular weight excluding hydrogens is 276 g/mol. The van der Waals surface area contributed by atoms with Gasteiger partial charge in [0.1, 0.15) is 0 Å². The van der Waals surface area contributed by atoms with Gasteiger partial charge in [-0.3, -0.25) is 19.5 Å². The lowest BCUT2D eigenvalue weighted by Crippen LogP contribution is -2.29.